The number of aliphatic hydroxyl groups excluding tert-OH is 2. The lowest BCUT2D eigenvalue weighted by Crippen LogP contribution is -2.47. The molecule has 1 aromatic carbocycles. The van der Waals surface area contributed by atoms with Crippen molar-refractivity contribution in [1.82, 2.24) is 34.9 Å². The zero-order valence-corrected chi connectivity index (χ0v) is 30.5. The number of H-pyrrole nitrogens is 1. The van der Waals surface area contributed by atoms with Gasteiger partial charge in [0.15, 0.2) is 0 Å². The van der Waals surface area contributed by atoms with Gasteiger partial charge in [-0.2, -0.15) is 0 Å². The molecule has 0 radical (unpaired) electrons. The van der Waals surface area contributed by atoms with E-state index in [1.54, 1.807) is 13.3 Å². The maximum Gasteiger partial charge on any atom is 0.267 e. The fourth-order valence-corrected chi connectivity index (χ4v) is 7.78. The minimum Gasteiger partial charge on any atom is -0.481 e. The maximum atomic E-state index is 13.0. The van der Waals surface area contributed by atoms with Crippen molar-refractivity contribution in [2.45, 2.75) is 75.7 Å². The van der Waals surface area contributed by atoms with E-state index < -0.39 is 0 Å². The number of fused-ring (bicyclic) bond motifs is 1. The van der Waals surface area contributed by atoms with Gasteiger partial charge in [-0.25, -0.2) is 4.98 Å². The van der Waals surface area contributed by atoms with Gasteiger partial charge in [0.05, 0.1) is 19.3 Å². The molecule has 12 heteroatoms. The number of carbonyl (C=O) groups excluding carboxylic acids is 1. The summed E-state index contributed by atoms with van der Waals surface area (Å²) in [4.78, 5) is 30.6. The van der Waals surface area contributed by atoms with Crippen LogP contribution in [0.5, 0.6) is 5.88 Å². The summed E-state index contributed by atoms with van der Waals surface area (Å²) in [5.74, 6) is 0.526. The molecule has 6 heterocycles. The first-order valence-electron chi connectivity index (χ1n) is 19.3. The first kappa shape index (κ1) is 37.7. The van der Waals surface area contributed by atoms with Crippen LogP contribution in [0.25, 0.3) is 22.0 Å². The largest absolute Gasteiger partial charge is 0.481 e. The molecule has 4 saturated heterocycles. The quantitative estimate of drug-likeness (QED) is 0.214. The Morgan fingerprint density at radius 1 is 0.804 bits per heavy atom. The molecule has 0 spiro atoms. The standard InChI is InChI=1S/C27H35N5O3.C12H25N3O/c1-35-26-6-5-19(18-28-26)22-3-2-4-24-23(22)17-25(30-24)27(34)29-20-7-11-31(12-8-20)15-16-32-13-9-21(33)10-14-32;13-11-1-5-14(6-2-11)9-10-15-7-3-12(16)4-8-15/h2-6,17-18,20-21,30,33H,7-16H2,1H3,(H,29,34);11-12,16H,1-10,13H2. The number of aliphatic hydroxyl groups is 2. The fourth-order valence-electron chi connectivity index (χ4n) is 7.78. The number of nitrogens with two attached hydrogens (primary N) is 1. The molecular weight excluding hydrogens is 644 g/mol. The van der Waals surface area contributed by atoms with Gasteiger partial charge in [0.2, 0.25) is 5.88 Å². The van der Waals surface area contributed by atoms with E-state index in [-0.39, 0.29) is 24.2 Å². The SMILES string of the molecule is COc1ccc(-c2cccc3[nH]c(C(=O)NC4CCN(CCN5CCC(O)CC5)CC4)cc23)cn1.NC1CCN(CCN2CCC(O)CC2)CC1. The van der Waals surface area contributed by atoms with Gasteiger partial charge in [-0.15, -0.1) is 0 Å². The van der Waals surface area contributed by atoms with Crippen LogP contribution in [0.1, 0.15) is 61.9 Å². The lowest BCUT2D eigenvalue weighted by molar-refractivity contribution is 0.0729. The Labute approximate surface area is 303 Å². The van der Waals surface area contributed by atoms with Gasteiger partial charge in [0.1, 0.15) is 5.69 Å². The topological polar surface area (TPSA) is 146 Å². The number of rotatable bonds is 10. The van der Waals surface area contributed by atoms with E-state index in [0.29, 0.717) is 17.6 Å². The van der Waals surface area contributed by atoms with Gasteiger partial charge in [-0.05, 0) is 88.2 Å². The Hall–Kier alpha value is -3.10. The van der Waals surface area contributed by atoms with Crippen molar-refractivity contribution in [1.29, 1.82) is 0 Å². The molecule has 4 aliphatic heterocycles. The van der Waals surface area contributed by atoms with Crippen LogP contribution in [0.3, 0.4) is 0 Å². The Kier molecular flexibility index (Phi) is 13.7. The summed E-state index contributed by atoms with van der Waals surface area (Å²) in [6.07, 6.45) is 9.54. The summed E-state index contributed by atoms with van der Waals surface area (Å²) < 4.78 is 5.17. The average Bonchev–Trinajstić information content (AvgIpc) is 3.61. The molecule has 0 saturated carbocycles. The summed E-state index contributed by atoms with van der Waals surface area (Å²) in [5.41, 5.74) is 9.42. The predicted octanol–water partition coefficient (Wildman–Crippen LogP) is 2.76. The van der Waals surface area contributed by atoms with Crippen molar-refractivity contribution in [2.75, 3.05) is 85.6 Å². The van der Waals surface area contributed by atoms with E-state index in [4.69, 9.17) is 10.5 Å². The van der Waals surface area contributed by atoms with Crippen molar-refractivity contribution in [3.8, 4) is 17.0 Å². The lowest BCUT2D eigenvalue weighted by atomic mass is 10.0. The van der Waals surface area contributed by atoms with Crippen molar-refractivity contribution >= 4 is 16.8 Å². The Balaban J connectivity index is 0.000000234. The average molecular weight is 705 g/mol. The number of nitrogens with one attached hydrogen (secondary N) is 2. The summed E-state index contributed by atoms with van der Waals surface area (Å²) in [6, 6.07) is 12.4. The van der Waals surface area contributed by atoms with Gasteiger partial charge >= 0.3 is 0 Å². The molecule has 12 nitrogen and oxygen atoms in total. The second-order valence-electron chi connectivity index (χ2n) is 15.0. The van der Waals surface area contributed by atoms with Crippen molar-refractivity contribution in [3.63, 3.8) is 0 Å². The van der Waals surface area contributed by atoms with Crippen LogP contribution in [-0.2, 0) is 0 Å². The molecule has 7 rings (SSSR count). The number of aromatic amines is 1. The number of pyridine rings is 1. The maximum absolute atomic E-state index is 13.0. The highest BCUT2D eigenvalue weighted by molar-refractivity contribution is 6.03. The van der Waals surface area contributed by atoms with Crippen molar-refractivity contribution in [2.24, 2.45) is 5.73 Å². The molecule has 0 unspecified atom stereocenters. The molecule has 6 N–H and O–H groups in total. The van der Waals surface area contributed by atoms with Crippen LogP contribution in [0.15, 0.2) is 42.6 Å². The fraction of sp³-hybridized carbons (Fsp3) is 0.641. The van der Waals surface area contributed by atoms with Crippen LogP contribution in [-0.4, -0.2) is 156 Å². The molecule has 4 aliphatic rings. The number of benzene rings is 1. The molecule has 2 aromatic heterocycles. The number of aromatic nitrogens is 2. The number of likely N-dealkylation sites (tertiary alicyclic amines) is 4. The third kappa shape index (κ3) is 11.0. The third-order valence-corrected chi connectivity index (χ3v) is 11.3. The number of carbonyl (C=O) groups is 1. The minimum absolute atomic E-state index is 0.0506. The first-order valence-corrected chi connectivity index (χ1v) is 19.3. The first-order chi connectivity index (χ1) is 24.8. The molecule has 0 atom stereocenters. The van der Waals surface area contributed by atoms with Crippen LogP contribution in [0.4, 0.5) is 0 Å². The van der Waals surface area contributed by atoms with Crippen LogP contribution in [0, 0.1) is 0 Å². The third-order valence-electron chi connectivity index (χ3n) is 11.3. The van der Waals surface area contributed by atoms with Gasteiger partial charge < -0.3 is 50.6 Å². The molecule has 3 aromatic rings. The number of ether oxygens (including phenoxy) is 1. The van der Waals surface area contributed by atoms with E-state index in [1.165, 1.54) is 6.54 Å². The second-order valence-corrected chi connectivity index (χ2v) is 15.0. The number of hydrogen-bond donors (Lipinski definition) is 5. The summed E-state index contributed by atoms with van der Waals surface area (Å²) in [5, 5.41) is 23.3. The number of piperidine rings is 4. The van der Waals surface area contributed by atoms with E-state index in [2.05, 4.69) is 34.9 Å². The van der Waals surface area contributed by atoms with E-state index in [9.17, 15) is 15.0 Å². The van der Waals surface area contributed by atoms with Gasteiger partial charge in [-0.3, -0.25) is 4.79 Å². The minimum atomic E-state index is -0.117. The number of amides is 1. The Morgan fingerprint density at radius 3 is 1.84 bits per heavy atom. The summed E-state index contributed by atoms with van der Waals surface area (Å²) >= 11 is 0. The van der Waals surface area contributed by atoms with Crippen molar-refractivity contribution in [3.05, 3.63) is 48.3 Å². The van der Waals surface area contributed by atoms with Crippen LogP contribution >= 0.6 is 0 Å². The monoisotopic (exact) mass is 704 g/mol. The van der Waals surface area contributed by atoms with Gasteiger partial charge in [0.25, 0.3) is 5.91 Å². The van der Waals surface area contributed by atoms with Gasteiger partial charge in [-0.1, -0.05) is 12.1 Å². The molecule has 1 amide bonds. The van der Waals surface area contributed by atoms with E-state index in [0.717, 1.165) is 145 Å². The number of hydrogen-bond acceptors (Lipinski definition) is 10. The highest BCUT2D eigenvalue weighted by Crippen LogP contribution is 2.30. The number of nitrogens with zero attached hydrogens (tertiary/aromatic N) is 5. The molecule has 51 heavy (non-hydrogen) atoms. The second kappa shape index (κ2) is 18.6. The van der Waals surface area contributed by atoms with Crippen LogP contribution in [0.2, 0.25) is 0 Å². The summed E-state index contributed by atoms with van der Waals surface area (Å²) in [6.45, 7) is 12.9. The zero-order valence-electron chi connectivity index (χ0n) is 30.5. The van der Waals surface area contributed by atoms with Crippen LogP contribution < -0.4 is 15.8 Å². The molecule has 0 aliphatic carbocycles. The molecule has 0 bridgehead atoms. The normalized spacial score (nSPS) is 21.4. The highest BCUT2D eigenvalue weighted by Gasteiger charge is 2.24. The zero-order chi connectivity index (χ0) is 35.6. The Morgan fingerprint density at radius 2 is 1.33 bits per heavy atom. The van der Waals surface area contributed by atoms with E-state index >= 15 is 0 Å². The molecule has 280 valence electrons. The smallest absolute Gasteiger partial charge is 0.267 e. The lowest BCUT2D eigenvalue weighted by Gasteiger charge is -2.35. The highest BCUT2D eigenvalue weighted by atomic mass is 16.5. The van der Waals surface area contributed by atoms with E-state index in [1.807, 2.05) is 36.4 Å². The molecular formula is C39H60N8O4. The summed E-state index contributed by atoms with van der Waals surface area (Å²) in [7, 11) is 1.60. The van der Waals surface area contributed by atoms with Gasteiger partial charge in [0, 0.05) is 106 Å². The predicted molar refractivity (Wildman–Crippen MR) is 202 cm³/mol. The molecule has 4 fully saturated rings. The Bertz CT molecular complexity index is 1460. The number of methoxy groups -OCH3 is 1. The van der Waals surface area contributed by atoms with Crippen molar-refractivity contribution < 1.29 is 19.7 Å².